The van der Waals surface area contributed by atoms with Crippen LogP contribution in [0.1, 0.15) is 29.5 Å². The fraction of sp³-hybridized carbons (Fsp3) is 0.259. The Bertz CT molecular complexity index is 1260. The van der Waals surface area contributed by atoms with Gasteiger partial charge in [0.25, 0.3) is 0 Å². The molecule has 0 radical (unpaired) electrons. The van der Waals surface area contributed by atoms with E-state index < -0.39 is 0 Å². The summed E-state index contributed by atoms with van der Waals surface area (Å²) in [5.41, 5.74) is 0.951. The summed E-state index contributed by atoms with van der Waals surface area (Å²) in [7, 11) is 0. The number of hydrogen-bond donors (Lipinski definition) is 0. The zero-order valence-corrected chi connectivity index (χ0v) is 20.6. The van der Waals surface area contributed by atoms with Gasteiger partial charge >= 0.3 is 6.09 Å². The average Bonchev–Trinajstić information content (AvgIpc) is 3.37. The minimum atomic E-state index is -0.282. The van der Waals surface area contributed by atoms with Crippen molar-refractivity contribution in [2.75, 3.05) is 19.3 Å². The van der Waals surface area contributed by atoms with Crippen molar-refractivity contribution in [2.45, 2.75) is 30.3 Å². The molecule has 1 fully saturated rings. The third-order valence-electron chi connectivity index (χ3n) is 6.06. The van der Waals surface area contributed by atoms with Gasteiger partial charge in [0.1, 0.15) is 18.1 Å². The smallest absolute Gasteiger partial charge is 0.415 e. The second-order valence-electron chi connectivity index (χ2n) is 8.25. The molecule has 5 rings (SSSR count). The molecule has 1 aliphatic rings. The number of benzene rings is 3. The zero-order chi connectivity index (χ0) is 23.3. The van der Waals surface area contributed by atoms with Gasteiger partial charge in [0, 0.05) is 34.7 Å². The van der Waals surface area contributed by atoms with Gasteiger partial charge in [-0.25, -0.2) is 9.78 Å². The van der Waals surface area contributed by atoms with Crippen LogP contribution in [0.2, 0.25) is 0 Å². The van der Waals surface area contributed by atoms with Gasteiger partial charge in [0.15, 0.2) is 0 Å². The highest BCUT2D eigenvalue weighted by atomic mass is 32.2. The van der Waals surface area contributed by atoms with Crippen LogP contribution in [0.25, 0.3) is 10.8 Å². The predicted octanol–water partition coefficient (Wildman–Crippen LogP) is 6.98. The molecular weight excluding hydrogens is 464 g/mol. The van der Waals surface area contributed by atoms with Crippen LogP contribution in [-0.4, -0.2) is 35.3 Å². The lowest BCUT2D eigenvalue weighted by Crippen LogP contribution is -2.39. The zero-order valence-electron chi connectivity index (χ0n) is 19.0. The van der Waals surface area contributed by atoms with E-state index in [1.165, 1.54) is 4.90 Å². The maximum Gasteiger partial charge on any atom is 0.415 e. The minimum absolute atomic E-state index is 0.282. The molecule has 1 aliphatic heterocycles. The molecule has 3 aromatic carbocycles. The predicted molar refractivity (Wildman–Crippen MR) is 138 cm³/mol. The van der Waals surface area contributed by atoms with E-state index in [0.29, 0.717) is 31.4 Å². The van der Waals surface area contributed by atoms with Crippen LogP contribution in [-0.2, 0) is 6.61 Å². The van der Waals surface area contributed by atoms with Crippen LogP contribution < -0.4 is 9.47 Å². The number of carbonyl (C=O) groups is 1. The van der Waals surface area contributed by atoms with E-state index >= 15 is 0 Å². The lowest BCUT2D eigenvalue weighted by Gasteiger charge is -2.30. The number of rotatable bonds is 6. The van der Waals surface area contributed by atoms with E-state index in [4.69, 9.17) is 14.5 Å². The molecule has 0 saturated carbocycles. The third-order valence-corrected chi connectivity index (χ3v) is 7.86. The second-order valence-corrected chi connectivity index (χ2v) is 10.0. The molecule has 4 aromatic rings. The Morgan fingerprint density at radius 1 is 1.06 bits per heavy atom. The summed E-state index contributed by atoms with van der Waals surface area (Å²) < 4.78 is 11.7. The molecule has 7 heteroatoms. The van der Waals surface area contributed by atoms with Gasteiger partial charge < -0.3 is 14.4 Å². The summed E-state index contributed by atoms with van der Waals surface area (Å²) >= 11 is 3.40. The largest absolute Gasteiger partial charge is 0.487 e. The number of piperidine rings is 1. The lowest BCUT2D eigenvalue weighted by molar-refractivity contribution is 0.139. The summed E-state index contributed by atoms with van der Waals surface area (Å²) in [6, 6.07) is 21.8. The van der Waals surface area contributed by atoms with Crippen LogP contribution in [0.15, 0.2) is 77.0 Å². The van der Waals surface area contributed by atoms with Gasteiger partial charge in [0.05, 0.1) is 10.7 Å². The van der Waals surface area contributed by atoms with Gasteiger partial charge in [-0.2, -0.15) is 0 Å². The van der Waals surface area contributed by atoms with Crippen LogP contribution in [0.4, 0.5) is 4.79 Å². The molecule has 1 saturated heterocycles. The Labute approximate surface area is 207 Å². The molecule has 5 nitrogen and oxygen atoms in total. The first kappa shape index (κ1) is 22.7. The van der Waals surface area contributed by atoms with Crippen molar-refractivity contribution in [1.82, 2.24) is 9.88 Å². The molecule has 0 unspecified atom stereocenters. The van der Waals surface area contributed by atoms with E-state index in [9.17, 15) is 4.79 Å². The van der Waals surface area contributed by atoms with Crippen molar-refractivity contribution >= 4 is 40.0 Å². The van der Waals surface area contributed by atoms with Crippen LogP contribution in [0.3, 0.4) is 0 Å². The van der Waals surface area contributed by atoms with E-state index in [0.717, 1.165) is 40.1 Å². The molecule has 1 amide bonds. The van der Waals surface area contributed by atoms with E-state index in [2.05, 4.69) is 23.8 Å². The maximum absolute atomic E-state index is 12.8. The summed E-state index contributed by atoms with van der Waals surface area (Å²) in [5, 5.41) is 5.21. The monoisotopic (exact) mass is 490 g/mol. The molecule has 0 aliphatic carbocycles. The molecule has 0 N–H and O–H groups in total. The highest BCUT2D eigenvalue weighted by Gasteiger charge is 2.27. The highest BCUT2D eigenvalue weighted by molar-refractivity contribution is 7.98. The quantitative estimate of drug-likeness (QED) is 0.273. The summed E-state index contributed by atoms with van der Waals surface area (Å²) in [5.74, 6) is 1.82. The average molecular weight is 491 g/mol. The number of ether oxygens (including phenoxy) is 2. The standard InChI is InChI=1S/C27H26N2O3S2/c1-33-23-11-9-22(10-12-23)31-17-21-18-34-26(28-21)20-13-15-29(16-14-20)27(30)32-25-8-4-6-19-5-2-3-7-24(19)25/h2-12,18,20H,13-17H2,1H3. The Kier molecular flexibility index (Phi) is 7.02. The Morgan fingerprint density at radius 2 is 1.82 bits per heavy atom. The van der Waals surface area contributed by atoms with Crippen molar-refractivity contribution in [3.05, 3.63) is 82.8 Å². The number of nitrogens with zero attached hydrogens (tertiary/aromatic N) is 2. The Balaban J connectivity index is 1.14. The first-order valence-electron chi connectivity index (χ1n) is 11.4. The van der Waals surface area contributed by atoms with Crippen LogP contribution in [0.5, 0.6) is 11.5 Å². The van der Waals surface area contributed by atoms with E-state index in [-0.39, 0.29) is 6.09 Å². The van der Waals surface area contributed by atoms with Gasteiger partial charge in [-0.15, -0.1) is 23.1 Å². The lowest BCUT2D eigenvalue weighted by atomic mass is 9.98. The van der Waals surface area contributed by atoms with Crippen molar-refractivity contribution in [1.29, 1.82) is 0 Å². The molecule has 174 valence electrons. The van der Waals surface area contributed by atoms with Crippen molar-refractivity contribution in [2.24, 2.45) is 0 Å². The van der Waals surface area contributed by atoms with Crippen molar-refractivity contribution < 1.29 is 14.3 Å². The Hall–Kier alpha value is -3.03. The molecule has 1 aromatic heterocycles. The number of fused-ring (bicyclic) bond motifs is 1. The fourth-order valence-corrected chi connectivity index (χ4v) is 5.54. The second kappa shape index (κ2) is 10.5. The summed E-state index contributed by atoms with van der Waals surface area (Å²) in [6.07, 6.45) is 3.55. The van der Waals surface area contributed by atoms with Gasteiger partial charge in [0.2, 0.25) is 0 Å². The molecular formula is C27H26N2O3S2. The molecule has 0 bridgehead atoms. The van der Waals surface area contributed by atoms with Crippen molar-refractivity contribution in [3.63, 3.8) is 0 Å². The van der Waals surface area contributed by atoms with E-state index in [1.807, 2.05) is 54.6 Å². The number of amides is 1. The van der Waals surface area contributed by atoms with Gasteiger partial charge in [-0.05, 0) is 54.8 Å². The normalized spacial score (nSPS) is 14.3. The van der Waals surface area contributed by atoms with Gasteiger partial charge in [-0.3, -0.25) is 0 Å². The summed E-state index contributed by atoms with van der Waals surface area (Å²) in [4.78, 5) is 20.6. The molecule has 0 spiro atoms. The van der Waals surface area contributed by atoms with Crippen LogP contribution in [0, 0.1) is 0 Å². The topological polar surface area (TPSA) is 51.7 Å². The molecule has 0 atom stereocenters. The minimum Gasteiger partial charge on any atom is -0.487 e. The number of thiazole rings is 1. The third kappa shape index (κ3) is 5.21. The van der Waals surface area contributed by atoms with Gasteiger partial charge in [-0.1, -0.05) is 36.4 Å². The summed E-state index contributed by atoms with van der Waals surface area (Å²) in [6.45, 7) is 1.80. The van der Waals surface area contributed by atoms with Crippen LogP contribution >= 0.6 is 23.1 Å². The molecule has 2 heterocycles. The SMILES string of the molecule is CSc1ccc(OCc2csc(C3CCN(C(=O)Oc4cccc5ccccc45)CC3)n2)cc1. The maximum atomic E-state index is 12.8. The molecule has 34 heavy (non-hydrogen) atoms. The number of hydrogen-bond acceptors (Lipinski definition) is 6. The highest BCUT2D eigenvalue weighted by Crippen LogP contribution is 2.32. The Morgan fingerprint density at radius 3 is 2.62 bits per heavy atom. The number of aromatic nitrogens is 1. The fourth-order valence-electron chi connectivity index (χ4n) is 4.16. The first-order chi connectivity index (χ1) is 16.7. The number of carbonyl (C=O) groups excluding carboxylic acids is 1. The van der Waals surface area contributed by atoms with E-state index in [1.54, 1.807) is 28.0 Å². The number of likely N-dealkylation sites (tertiary alicyclic amines) is 1. The first-order valence-corrected chi connectivity index (χ1v) is 13.5. The van der Waals surface area contributed by atoms with Crippen molar-refractivity contribution in [3.8, 4) is 11.5 Å². The number of thioether (sulfide) groups is 1.